The minimum absolute atomic E-state index is 0.0171. The van der Waals surface area contributed by atoms with Crippen molar-refractivity contribution in [2.45, 2.75) is 25.7 Å². The van der Waals surface area contributed by atoms with Gasteiger partial charge in [-0.1, -0.05) is 30.3 Å². The summed E-state index contributed by atoms with van der Waals surface area (Å²) in [5.74, 6) is -0.350. The largest absolute Gasteiger partial charge is 0.505 e. The molecule has 0 radical (unpaired) electrons. The zero-order valence-corrected chi connectivity index (χ0v) is 16.8. The summed E-state index contributed by atoms with van der Waals surface area (Å²) in [6.45, 7) is 2.14. The van der Waals surface area contributed by atoms with Crippen LogP contribution >= 0.6 is 15.4 Å². The highest BCUT2D eigenvalue weighted by molar-refractivity contribution is 7.53. The van der Waals surface area contributed by atoms with E-state index in [4.69, 9.17) is 9.79 Å². The third-order valence-electron chi connectivity index (χ3n) is 4.08. The molecule has 0 unspecified atom stereocenters. The van der Waals surface area contributed by atoms with Gasteiger partial charge in [0.05, 0.1) is 12.3 Å². The monoisotopic (exact) mass is 430 g/mol. The van der Waals surface area contributed by atoms with Crippen LogP contribution in [0.25, 0.3) is 0 Å². The molecular weight excluding hydrogens is 410 g/mol. The van der Waals surface area contributed by atoms with Crippen LogP contribution in [0.2, 0.25) is 0 Å². The van der Waals surface area contributed by atoms with E-state index in [2.05, 4.69) is 14.5 Å². The molecule has 10 nitrogen and oxygen atoms in total. The summed E-state index contributed by atoms with van der Waals surface area (Å²) in [7, 11) is -9.56. The number of phosphoric acid groups is 1. The molecule has 0 spiro atoms. The molecule has 0 amide bonds. The minimum Gasteiger partial charge on any atom is -0.505 e. The summed E-state index contributed by atoms with van der Waals surface area (Å²) in [6, 6.07) is 7.90. The number of benzene rings is 1. The maximum Gasteiger partial charge on any atom is 0.469 e. The lowest BCUT2D eigenvalue weighted by atomic mass is 10.1. The van der Waals surface area contributed by atoms with Gasteiger partial charge in [-0.15, -0.1) is 0 Å². The number of phosphoric ester groups is 1. The van der Waals surface area contributed by atoms with E-state index in [1.54, 1.807) is 18.2 Å². The predicted molar refractivity (Wildman–Crippen MR) is 101 cm³/mol. The van der Waals surface area contributed by atoms with Crippen molar-refractivity contribution in [1.82, 2.24) is 4.98 Å². The number of nitrogens with zero attached hydrogens (tertiary/aromatic N) is 2. The summed E-state index contributed by atoms with van der Waals surface area (Å²) < 4.78 is 27.5. The van der Waals surface area contributed by atoms with Crippen molar-refractivity contribution in [2.75, 3.05) is 0 Å². The molecule has 1 heterocycles. The van der Waals surface area contributed by atoms with Crippen LogP contribution in [0.15, 0.2) is 41.5 Å². The SMILES string of the molecule is Cc1ncc(COP(=O)(O)O)c(/C=N/[C@@](C)(c2ccccc2)P(=O)(O)O)c1O. The topological polar surface area (TPSA) is 170 Å². The average Bonchev–Trinajstić information content (AvgIpc) is 2.60. The molecule has 152 valence electrons. The predicted octanol–water partition coefficient (Wildman–Crippen LogP) is 2.17. The number of pyridine rings is 1. The number of hydrogen-bond acceptors (Lipinski definition) is 6. The molecule has 0 bridgehead atoms. The number of aromatic hydroxyl groups is 1. The van der Waals surface area contributed by atoms with E-state index in [0.29, 0.717) is 0 Å². The fraction of sp³-hybridized carbons (Fsp3) is 0.250. The van der Waals surface area contributed by atoms with Crippen LogP contribution in [0.1, 0.15) is 29.3 Å². The molecule has 1 atom stereocenters. The average molecular weight is 430 g/mol. The van der Waals surface area contributed by atoms with Gasteiger partial charge in [-0.2, -0.15) is 0 Å². The van der Waals surface area contributed by atoms with Gasteiger partial charge in [0.25, 0.3) is 0 Å². The van der Waals surface area contributed by atoms with Gasteiger partial charge >= 0.3 is 15.4 Å². The van der Waals surface area contributed by atoms with Gasteiger partial charge in [0.1, 0.15) is 5.75 Å². The number of aryl methyl sites for hydroxylation is 1. The summed E-state index contributed by atoms with van der Waals surface area (Å²) in [5.41, 5.74) is 0.504. The van der Waals surface area contributed by atoms with Crippen LogP contribution in [-0.4, -0.2) is 35.9 Å². The molecule has 0 saturated heterocycles. The Kier molecular flexibility index (Phi) is 6.58. The molecule has 1 aromatic carbocycles. The standard InChI is InChI=1S/C16H20N2O8P2/c1-11-15(19)14(12(8-17-11)10-26-28(23,24)25)9-18-16(2,27(20,21)22)13-6-4-3-5-7-13/h3-9,19H,10H2,1-2H3,(H2,20,21,22)(H2,23,24,25)/b18-9+/t16-/m1/s1. The van der Waals surface area contributed by atoms with Crippen molar-refractivity contribution >= 4 is 21.6 Å². The highest BCUT2D eigenvalue weighted by Crippen LogP contribution is 2.57. The van der Waals surface area contributed by atoms with E-state index in [0.717, 1.165) is 6.21 Å². The quantitative estimate of drug-likeness (QED) is 0.326. The van der Waals surface area contributed by atoms with Crippen molar-refractivity contribution in [2.24, 2.45) is 4.99 Å². The lowest BCUT2D eigenvalue weighted by Gasteiger charge is -2.26. The minimum atomic E-state index is -4.78. The van der Waals surface area contributed by atoms with Crippen molar-refractivity contribution in [3.63, 3.8) is 0 Å². The zero-order chi connectivity index (χ0) is 21.2. The number of aliphatic imine (C=N–C) groups is 1. The molecule has 0 aliphatic carbocycles. The van der Waals surface area contributed by atoms with E-state index in [-0.39, 0.29) is 28.1 Å². The molecule has 1 aromatic heterocycles. The van der Waals surface area contributed by atoms with Crippen molar-refractivity contribution in [3.05, 3.63) is 58.9 Å². The fourth-order valence-corrected chi connectivity index (χ4v) is 3.33. The summed E-state index contributed by atoms with van der Waals surface area (Å²) >= 11 is 0. The van der Waals surface area contributed by atoms with Crippen LogP contribution in [0.4, 0.5) is 0 Å². The van der Waals surface area contributed by atoms with Crippen LogP contribution < -0.4 is 0 Å². The summed E-state index contributed by atoms with van der Waals surface area (Å²) in [4.78, 5) is 45.4. The second-order valence-corrected chi connectivity index (χ2v) is 9.28. The van der Waals surface area contributed by atoms with Gasteiger partial charge in [-0.05, 0) is 19.4 Å². The van der Waals surface area contributed by atoms with Gasteiger partial charge < -0.3 is 24.7 Å². The zero-order valence-electron chi connectivity index (χ0n) is 15.0. The first-order valence-corrected chi connectivity index (χ1v) is 11.0. The molecule has 0 aliphatic heterocycles. The van der Waals surface area contributed by atoms with E-state index < -0.39 is 27.3 Å². The van der Waals surface area contributed by atoms with Gasteiger partial charge in [0.15, 0.2) is 5.28 Å². The molecule has 28 heavy (non-hydrogen) atoms. The molecular formula is C16H20N2O8P2. The molecule has 2 aromatic rings. The Bertz CT molecular complexity index is 970. The van der Waals surface area contributed by atoms with Crippen molar-refractivity contribution < 1.29 is 38.3 Å². The Morgan fingerprint density at radius 2 is 1.79 bits per heavy atom. The first-order valence-electron chi connectivity index (χ1n) is 7.89. The first-order chi connectivity index (χ1) is 12.8. The second kappa shape index (κ2) is 8.23. The second-order valence-electron chi connectivity index (χ2n) is 6.08. The molecule has 2 rings (SSSR count). The smallest absolute Gasteiger partial charge is 0.469 e. The van der Waals surface area contributed by atoms with Crippen molar-refractivity contribution in [3.8, 4) is 5.75 Å². The Labute approximate surface area is 161 Å². The Hall–Kier alpha value is -1.90. The highest BCUT2D eigenvalue weighted by atomic mass is 31.2. The van der Waals surface area contributed by atoms with E-state index >= 15 is 0 Å². The van der Waals surface area contributed by atoms with Gasteiger partial charge in [-0.3, -0.25) is 19.1 Å². The van der Waals surface area contributed by atoms with E-state index in [1.807, 2.05) is 0 Å². The van der Waals surface area contributed by atoms with E-state index in [9.17, 15) is 24.0 Å². The van der Waals surface area contributed by atoms with Crippen LogP contribution in [-0.2, 0) is 25.5 Å². The summed E-state index contributed by atoms with van der Waals surface area (Å²) in [5, 5.41) is 8.34. The van der Waals surface area contributed by atoms with Crippen LogP contribution in [0, 0.1) is 6.92 Å². The molecule has 5 N–H and O–H groups in total. The third-order valence-corrected chi connectivity index (χ3v) is 6.05. The normalized spacial score (nSPS) is 14.9. The van der Waals surface area contributed by atoms with Crippen LogP contribution in [0.5, 0.6) is 5.75 Å². The van der Waals surface area contributed by atoms with Crippen molar-refractivity contribution in [1.29, 1.82) is 0 Å². The van der Waals surface area contributed by atoms with Crippen LogP contribution in [0.3, 0.4) is 0 Å². The Morgan fingerprint density at radius 3 is 2.32 bits per heavy atom. The first kappa shape index (κ1) is 22.4. The highest BCUT2D eigenvalue weighted by Gasteiger charge is 2.43. The molecule has 0 aliphatic rings. The molecule has 0 fully saturated rings. The lowest BCUT2D eigenvalue weighted by Crippen LogP contribution is -2.20. The maximum atomic E-state index is 12.1. The maximum absolute atomic E-state index is 12.1. The number of hydrogen-bond donors (Lipinski definition) is 5. The Morgan fingerprint density at radius 1 is 1.18 bits per heavy atom. The van der Waals surface area contributed by atoms with Gasteiger partial charge in [0.2, 0.25) is 0 Å². The van der Waals surface area contributed by atoms with E-state index in [1.165, 1.54) is 32.2 Å². The third kappa shape index (κ3) is 5.12. The molecule has 0 saturated carbocycles. The number of rotatable bonds is 7. The van der Waals surface area contributed by atoms with Gasteiger partial charge in [-0.25, -0.2) is 4.57 Å². The summed E-state index contributed by atoms with van der Waals surface area (Å²) in [6.07, 6.45) is 2.26. The lowest BCUT2D eigenvalue weighted by molar-refractivity contribution is 0.188. The molecule has 12 heteroatoms. The fourth-order valence-electron chi connectivity index (χ4n) is 2.33. The Balaban J connectivity index is 2.55. The number of aromatic nitrogens is 1. The van der Waals surface area contributed by atoms with Gasteiger partial charge in [0, 0.05) is 23.5 Å².